The van der Waals surface area contributed by atoms with E-state index in [0.29, 0.717) is 12.2 Å². The molecular formula is C19H35N5O6S. The van der Waals surface area contributed by atoms with Crippen LogP contribution in [-0.4, -0.2) is 70.9 Å². The summed E-state index contributed by atoms with van der Waals surface area (Å²) >= 11 is 1.55. The molecule has 0 bridgehead atoms. The average molecular weight is 462 g/mol. The Hall–Kier alpha value is -2.34. The summed E-state index contributed by atoms with van der Waals surface area (Å²) in [6.45, 7) is 6.79. The Morgan fingerprint density at radius 1 is 0.871 bits per heavy atom. The van der Waals surface area contributed by atoms with E-state index in [0.717, 1.165) is 0 Å². The molecule has 0 rings (SSSR count). The van der Waals surface area contributed by atoms with Crippen LogP contribution in [0.15, 0.2) is 0 Å². The molecule has 4 atom stereocenters. The molecule has 0 saturated carbocycles. The first-order chi connectivity index (χ1) is 14.3. The third kappa shape index (κ3) is 10.5. The number of hydrogen-bond donors (Lipinski definition) is 6. The van der Waals surface area contributed by atoms with Gasteiger partial charge in [-0.2, -0.15) is 11.8 Å². The van der Waals surface area contributed by atoms with Crippen molar-refractivity contribution in [1.82, 2.24) is 16.0 Å². The quantitative estimate of drug-likeness (QED) is 0.185. The van der Waals surface area contributed by atoms with Crippen LogP contribution in [0.1, 0.15) is 40.5 Å². The van der Waals surface area contributed by atoms with Crippen molar-refractivity contribution in [3.05, 3.63) is 0 Å². The lowest BCUT2D eigenvalue weighted by Crippen LogP contribution is -2.59. The summed E-state index contributed by atoms with van der Waals surface area (Å²) in [5.41, 5.74) is 10.9. The van der Waals surface area contributed by atoms with Gasteiger partial charge in [-0.15, -0.1) is 0 Å². The number of amides is 4. The van der Waals surface area contributed by atoms with Crippen LogP contribution in [0.4, 0.5) is 0 Å². The van der Waals surface area contributed by atoms with E-state index >= 15 is 0 Å². The SMILES string of the molecule is CSCCC(N)C(=O)NC(C(=O)NC(C(=O)NC(CC(N)=O)C(=O)O)C(C)C)C(C)C. The van der Waals surface area contributed by atoms with Crippen molar-refractivity contribution in [2.24, 2.45) is 23.3 Å². The first kappa shape index (κ1) is 28.7. The zero-order valence-corrected chi connectivity index (χ0v) is 19.5. The van der Waals surface area contributed by atoms with Gasteiger partial charge in [0.15, 0.2) is 0 Å². The molecule has 8 N–H and O–H groups in total. The first-order valence-electron chi connectivity index (χ1n) is 9.98. The fourth-order valence-electron chi connectivity index (χ4n) is 2.61. The highest BCUT2D eigenvalue weighted by Crippen LogP contribution is 2.08. The smallest absolute Gasteiger partial charge is 0.326 e. The Kier molecular flexibility index (Phi) is 12.8. The number of nitrogens with one attached hydrogen (secondary N) is 3. The molecule has 0 saturated heterocycles. The summed E-state index contributed by atoms with van der Waals surface area (Å²) in [5, 5.41) is 16.6. The van der Waals surface area contributed by atoms with Crippen molar-refractivity contribution in [2.45, 2.75) is 64.7 Å². The van der Waals surface area contributed by atoms with Gasteiger partial charge in [0, 0.05) is 0 Å². The van der Waals surface area contributed by atoms with Crippen LogP contribution in [-0.2, 0) is 24.0 Å². The topological polar surface area (TPSA) is 194 Å². The molecule has 0 aromatic carbocycles. The second-order valence-corrected chi connectivity index (χ2v) is 8.90. The third-order valence-corrected chi connectivity index (χ3v) is 5.13. The van der Waals surface area contributed by atoms with Crippen molar-refractivity contribution in [3.63, 3.8) is 0 Å². The predicted molar refractivity (Wildman–Crippen MR) is 118 cm³/mol. The molecule has 0 aliphatic heterocycles. The van der Waals surface area contributed by atoms with E-state index in [1.165, 1.54) is 0 Å². The monoisotopic (exact) mass is 461 g/mol. The second kappa shape index (κ2) is 13.9. The van der Waals surface area contributed by atoms with Gasteiger partial charge in [0.25, 0.3) is 0 Å². The Morgan fingerprint density at radius 2 is 1.32 bits per heavy atom. The molecule has 0 fully saturated rings. The van der Waals surface area contributed by atoms with E-state index in [2.05, 4.69) is 16.0 Å². The number of carboxylic acid groups (broad SMARTS) is 1. The molecule has 0 aliphatic rings. The van der Waals surface area contributed by atoms with Crippen LogP contribution in [0.2, 0.25) is 0 Å². The molecular weight excluding hydrogens is 426 g/mol. The van der Waals surface area contributed by atoms with Crippen LogP contribution in [0.25, 0.3) is 0 Å². The maximum atomic E-state index is 12.8. The van der Waals surface area contributed by atoms with Crippen molar-refractivity contribution >= 4 is 41.4 Å². The summed E-state index contributed by atoms with van der Waals surface area (Å²) in [6.07, 6.45) is 1.76. The second-order valence-electron chi connectivity index (χ2n) is 7.92. The van der Waals surface area contributed by atoms with Crippen molar-refractivity contribution in [2.75, 3.05) is 12.0 Å². The maximum Gasteiger partial charge on any atom is 0.326 e. The van der Waals surface area contributed by atoms with Gasteiger partial charge in [0.2, 0.25) is 23.6 Å². The lowest BCUT2D eigenvalue weighted by atomic mass is 9.99. The third-order valence-electron chi connectivity index (χ3n) is 4.48. The minimum atomic E-state index is -1.52. The number of carbonyl (C=O) groups excluding carboxylic acids is 4. The van der Waals surface area contributed by atoms with Crippen LogP contribution in [0, 0.1) is 11.8 Å². The van der Waals surface area contributed by atoms with E-state index in [-0.39, 0.29) is 5.92 Å². The minimum absolute atomic E-state index is 0.297. The molecule has 4 unspecified atom stereocenters. The summed E-state index contributed by atoms with van der Waals surface area (Å²) in [5.74, 6) is -4.17. The number of aliphatic carboxylic acids is 1. The molecule has 0 heterocycles. The molecule has 0 aromatic heterocycles. The molecule has 0 aromatic rings. The Balaban J connectivity index is 5.31. The number of rotatable bonds is 14. The number of carbonyl (C=O) groups is 5. The molecule has 0 radical (unpaired) electrons. The van der Waals surface area contributed by atoms with E-state index in [9.17, 15) is 29.1 Å². The van der Waals surface area contributed by atoms with Crippen LogP contribution in [0.3, 0.4) is 0 Å². The normalized spacial score (nSPS) is 15.0. The van der Waals surface area contributed by atoms with E-state index in [1.54, 1.807) is 39.5 Å². The Morgan fingerprint density at radius 3 is 1.71 bits per heavy atom. The largest absolute Gasteiger partial charge is 0.480 e. The summed E-state index contributed by atoms with van der Waals surface area (Å²) in [4.78, 5) is 60.1. The molecule has 178 valence electrons. The predicted octanol–water partition coefficient (Wildman–Crippen LogP) is -1.21. The van der Waals surface area contributed by atoms with E-state index in [4.69, 9.17) is 11.5 Å². The average Bonchev–Trinajstić information content (AvgIpc) is 2.66. The standard InChI is InChI=1S/C19H35N5O6S/c1-9(2)14(17(27)22-12(19(29)30)8-13(21)25)24-18(28)15(10(3)4)23-16(26)11(20)6-7-31-5/h9-12,14-15H,6-8,20H2,1-5H3,(H2,21,25)(H,22,27)(H,23,26)(H,24,28)(H,29,30). The van der Waals surface area contributed by atoms with Crippen molar-refractivity contribution in [1.29, 1.82) is 0 Å². The number of nitrogens with two attached hydrogens (primary N) is 2. The zero-order chi connectivity index (χ0) is 24.3. The molecule has 0 spiro atoms. The summed E-state index contributed by atoms with van der Waals surface area (Å²) < 4.78 is 0. The fourth-order valence-corrected chi connectivity index (χ4v) is 3.10. The highest BCUT2D eigenvalue weighted by molar-refractivity contribution is 7.98. The van der Waals surface area contributed by atoms with Gasteiger partial charge in [-0.25, -0.2) is 4.79 Å². The maximum absolute atomic E-state index is 12.8. The van der Waals surface area contributed by atoms with Crippen molar-refractivity contribution in [3.8, 4) is 0 Å². The van der Waals surface area contributed by atoms with Gasteiger partial charge in [0.05, 0.1) is 12.5 Å². The van der Waals surface area contributed by atoms with Crippen LogP contribution < -0.4 is 27.4 Å². The minimum Gasteiger partial charge on any atom is -0.480 e. The summed E-state index contributed by atoms with van der Waals surface area (Å²) in [7, 11) is 0. The van der Waals surface area contributed by atoms with Crippen LogP contribution >= 0.6 is 11.8 Å². The summed E-state index contributed by atoms with van der Waals surface area (Å²) in [6, 6.07) is -4.32. The molecule has 4 amide bonds. The van der Waals surface area contributed by atoms with E-state index in [1.807, 2.05) is 6.26 Å². The highest BCUT2D eigenvalue weighted by atomic mass is 32.2. The lowest BCUT2D eigenvalue weighted by molar-refractivity contribution is -0.144. The number of carboxylic acids is 1. The highest BCUT2D eigenvalue weighted by Gasteiger charge is 2.33. The lowest BCUT2D eigenvalue weighted by Gasteiger charge is -2.28. The van der Waals surface area contributed by atoms with Gasteiger partial charge < -0.3 is 32.5 Å². The van der Waals surface area contributed by atoms with Gasteiger partial charge in [-0.1, -0.05) is 27.7 Å². The number of primary amides is 1. The van der Waals surface area contributed by atoms with Gasteiger partial charge in [-0.05, 0) is 30.3 Å². The fraction of sp³-hybridized carbons (Fsp3) is 0.737. The van der Waals surface area contributed by atoms with Gasteiger partial charge in [-0.3, -0.25) is 19.2 Å². The zero-order valence-electron chi connectivity index (χ0n) is 18.6. The van der Waals surface area contributed by atoms with E-state index < -0.39 is 66.1 Å². The Labute approximate surface area is 186 Å². The van der Waals surface area contributed by atoms with Crippen LogP contribution in [0.5, 0.6) is 0 Å². The number of hydrogen-bond acceptors (Lipinski definition) is 7. The molecule has 11 nitrogen and oxygen atoms in total. The van der Waals surface area contributed by atoms with Crippen molar-refractivity contribution < 1.29 is 29.1 Å². The number of thioether (sulfide) groups is 1. The van der Waals surface area contributed by atoms with Gasteiger partial charge >= 0.3 is 5.97 Å². The Bertz CT molecular complexity index is 658. The molecule has 0 aliphatic carbocycles. The van der Waals surface area contributed by atoms with Gasteiger partial charge in [0.1, 0.15) is 18.1 Å². The first-order valence-corrected chi connectivity index (χ1v) is 11.4. The molecule has 31 heavy (non-hydrogen) atoms. The molecule has 12 heteroatoms.